The highest BCUT2D eigenvalue weighted by atomic mass is 32.1. The summed E-state index contributed by atoms with van der Waals surface area (Å²) in [7, 11) is 0. The molecule has 0 saturated heterocycles. The number of fused-ring (bicyclic) bond motifs is 1. The van der Waals surface area contributed by atoms with Gasteiger partial charge in [0, 0.05) is 12.1 Å². The Kier molecular flexibility index (Phi) is 3.36. The van der Waals surface area contributed by atoms with E-state index in [0.29, 0.717) is 12.0 Å². The Bertz CT molecular complexity index is 820. The molecule has 3 heterocycles. The number of hydrogen-bond donors (Lipinski definition) is 1. The number of aromatic nitrogens is 5. The van der Waals surface area contributed by atoms with Crippen molar-refractivity contribution in [1.82, 2.24) is 24.4 Å². The van der Waals surface area contributed by atoms with Crippen molar-refractivity contribution in [3.05, 3.63) is 24.3 Å². The molecular weight excluding hydrogens is 320 g/mol. The molecule has 5 rings (SSSR count). The molecule has 1 unspecified atom stereocenters. The number of rotatable bonds is 5. The number of imidazole rings is 1. The van der Waals surface area contributed by atoms with Gasteiger partial charge < -0.3 is 5.32 Å². The fraction of sp³-hybridized carbons (Fsp3) is 0.588. The van der Waals surface area contributed by atoms with Crippen molar-refractivity contribution in [2.45, 2.75) is 57.4 Å². The van der Waals surface area contributed by atoms with Gasteiger partial charge in [0.2, 0.25) is 10.1 Å². The predicted octanol–water partition coefficient (Wildman–Crippen LogP) is 4.36. The van der Waals surface area contributed by atoms with Gasteiger partial charge in [-0.1, -0.05) is 24.2 Å². The molecule has 0 aliphatic heterocycles. The largest absolute Gasteiger partial charge is 0.327 e. The molecule has 2 fully saturated rings. The Hall–Kier alpha value is -1.89. The van der Waals surface area contributed by atoms with E-state index >= 15 is 0 Å². The van der Waals surface area contributed by atoms with Crippen LogP contribution < -0.4 is 5.32 Å². The van der Waals surface area contributed by atoms with E-state index in [4.69, 9.17) is 4.98 Å². The van der Waals surface area contributed by atoms with E-state index in [0.717, 1.165) is 21.7 Å². The summed E-state index contributed by atoms with van der Waals surface area (Å²) in [6, 6.07) is 0.489. The summed E-state index contributed by atoms with van der Waals surface area (Å²) < 4.78 is 3.98. The molecule has 0 amide bonds. The molecule has 126 valence electrons. The van der Waals surface area contributed by atoms with Gasteiger partial charge >= 0.3 is 0 Å². The van der Waals surface area contributed by atoms with Crippen molar-refractivity contribution < 1.29 is 0 Å². The highest BCUT2D eigenvalue weighted by Crippen LogP contribution is 2.39. The van der Waals surface area contributed by atoms with Crippen LogP contribution in [-0.2, 0) is 0 Å². The maximum absolute atomic E-state index is 4.78. The third kappa shape index (κ3) is 2.60. The Labute approximate surface area is 144 Å². The van der Waals surface area contributed by atoms with Gasteiger partial charge in [-0.3, -0.25) is 4.68 Å². The minimum atomic E-state index is 0.489. The fourth-order valence-electron chi connectivity index (χ4n) is 3.73. The molecule has 6 nitrogen and oxygen atoms in total. The first-order valence-electron chi connectivity index (χ1n) is 8.93. The lowest BCUT2D eigenvalue weighted by molar-refractivity contribution is 0.440. The minimum absolute atomic E-state index is 0.489. The maximum Gasteiger partial charge on any atom is 0.214 e. The average molecular weight is 342 g/mol. The highest BCUT2D eigenvalue weighted by molar-refractivity contribution is 7.20. The number of nitrogens with zero attached hydrogens (tertiary/aromatic N) is 5. The lowest BCUT2D eigenvalue weighted by Gasteiger charge is -2.09. The van der Waals surface area contributed by atoms with Crippen LogP contribution in [0.2, 0.25) is 0 Å². The topological polar surface area (TPSA) is 60.0 Å². The van der Waals surface area contributed by atoms with Crippen LogP contribution in [0.3, 0.4) is 0 Å². The summed E-state index contributed by atoms with van der Waals surface area (Å²) in [4.78, 5) is 5.75. The maximum atomic E-state index is 4.78. The molecular formula is C17H22N6S. The second-order valence-corrected chi connectivity index (χ2v) is 8.15. The fourth-order valence-corrected chi connectivity index (χ4v) is 4.54. The van der Waals surface area contributed by atoms with Crippen LogP contribution in [0, 0.1) is 5.92 Å². The van der Waals surface area contributed by atoms with E-state index in [9.17, 15) is 0 Å². The zero-order valence-corrected chi connectivity index (χ0v) is 14.7. The zero-order valence-electron chi connectivity index (χ0n) is 13.9. The van der Waals surface area contributed by atoms with E-state index < -0.39 is 0 Å². The molecule has 0 radical (unpaired) electrons. The second kappa shape index (κ2) is 5.58. The number of hydrogen-bond acceptors (Lipinski definition) is 5. The molecule has 2 aliphatic rings. The zero-order chi connectivity index (χ0) is 16.1. The predicted molar refractivity (Wildman–Crippen MR) is 95.0 cm³/mol. The van der Waals surface area contributed by atoms with Gasteiger partial charge in [-0.15, -0.1) is 5.10 Å². The molecule has 7 heteroatoms. The third-order valence-electron chi connectivity index (χ3n) is 5.41. The van der Waals surface area contributed by atoms with Gasteiger partial charge in [-0.25, -0.2) is 9.50 Å². The van der Waals surface area contributed by atoms with E-state index in [1.807, 2.05) is 10.7 Å². The van der Waals surface area contributed by atoms with Crippen molar-refractivity contribution in [2.75, 3.05) is 5.32 Å². The van der Waals surface area contributed by atoms with Gasteiger partial charge in [0.25, 0.3) is 0 Å². The van der Waals surface area contributed by atoms with Crippen molar-refractivity contribution in [3.8, 4) is 0 Å². The summed E-state index contributed by atoms with van der Waals surface area (Å²) in [5.74, 6) is 1.44. The molecule has 3 aromatic rings. The standard InChI is InChI=1S/C17H22N6S/c1-11(12-6-7-12)22-9-14(8-18-22)19-16-21-23-10-15(20-17(23)24-16)13-4-2-3-5-13/h8-13H,2-7H2,1H3,(H,19,21). The molecule has 2 aliphatic carbocycles. The monoisotopic (exact) mass is 342 g/mol. The first-order chi connectivity index (χ1) is 11.8. The number of anilines is 2. The first-order valence-corrected chi connectivity index (χ1v) is 9.75. The minimum Gasteiger partial charge on any atom is -0.327 e. The van der Waals surface area contributed by atoms with Crippen molar-refractivity contribution in [2.24, 2.45) is 5.92 Å². The molecule has 0 spiro atoms. The van der Waals surface area contributed by atoms with E-state index in [-0.39, 0.29) is 0 Å². The molecule has 1 N–H and O–H groups in total. The van der Waals surface area contributed by atoms with E-state index in [1.165, 1.54) is 44.2 Å². The third-order valence-corrected chi connectivity index (χ3v) is 6.25. The normalized spacial score (nSPS) is 20.0. The Morgan fingerprint density at radius 2 is 2.04 bits per heavy atom. The Balaban J connectivity index is 1.32. The quantitative estimate of drug-likeness (QED) is 0.748. The summed E-state index contributed by atoms with van der Waals surface area (Å²) in [5.41, 5.74) is 2.21. The molecule has 0 aromatic carbocycles. The average Bonchev–Trinajstić information content (AvgIpc) is 2.99. The Morgan fingerprint density at radius 3 is 2.79 bits per heavy atom. The van der Waals surface area contributed by atoms with Crippen LogP contribution in [0.1, 0.15) is 63.1 Å². The highest BCUT2D eigenvalue weighted by Gasteiger charge is 2.29. The summed E-state index contributed by atoms with van der Waals surface area (Å²) in [6.45, 7) is 2.25. The van der Waals surface area contributed by atoms with Crippen LogP contribution in [0.5, 0.6) is 0 Å². The van der Waals surface area contributed by atoms with Gasteiger partial charge in [0.15, 0.2) is 0 Å². The van der Waals surface area contributed by atoms with Crippen LogP contribution in [0.15, 0.2) is 18.6 Å². The van der Waals surface area contributed by atoms with Crippen LogP contribution in [0.4, 0.5) is 10.8 Å². The van der Waals surface area contributed by atoms with Crippen LogP contribution in [0.25, 0.3) is 4.96 Å². The van der Waals surface area contributed by atoms with E-state index in [2.05, 4.69) is 39.5 Å². The van der Waals surface area contributed by atoms with Crippen molar-refractivity contribution in [3.63, 3.8) is 0 Å². The second-order valence-electron chi connectivity index (χ2n) is 7.19. The number of nitrogens with one attached hydrogen (secondary N) is 1. The van der Waals surface area contributed by atoms with E-state index in [1.54, 1.807) is 11.3 Å². The summed E-state index contributed by atoms with van der Waals surface area (Å²) in [5, 5.41) is 13.4. The molecule has 0 bridgehead atoms. The van der Waals surface area contributed by atoms with Gasteiger partial charge in [-0.2, -0.15) is 5.10 Å². The van der Waals surface area contributed by atoms with Gasteiger partial charge in [0.1, 0.15) is 0 Å². The Morgan fingerprint density at radius 1 is 1.21 bits per heavy atom. The van der Waals surface area contributed by atoms with Gasteiger partial charge in [-0.05, 0) is 38.5 Å². The smallest absolute Gasteiger partial charge is 0.214 e. The van der Waals surface area contributed by atoms with Crippen LogP contribution in [-0.4, -0.2) is 24.4 Å². The van der Waals surface area contributed by atoms with Crippen molar-refractivity contribution in [1.29, 1.82) is 0 Å². The first kappa shape index (κ1) is 14.5. The lowest BCUT2D eigenvalue weighted by atomic mass is 10.1. The molecule has 3 aromatic heterocycles. The molecule has 1 atom stereocenters. The molecule has 2 saturated carbocycles. The van der Waals surface area contributed by atoms with Crippen LogP contribution >= 0.6 is 11.3 Å². The molecule has 24 heavy (non-hydrogen) atoms. The van der Waals surface area contributed by atoms with Crippen molar-refractivity contribution >= 4 is 27.1 Å². The van der Waals surface area contributed by atoms with Gasteiger partial charge in [0.05, 0.1) is 29.8 Å². The SMILES string of the molecule is CC(C1CC1)n1cc(Nc2nn3cc(C4CCCC4)nc3s2)cn1. The summed E-state index contributed by atoms with van der Waals surface area (Å²) >= 11 is 1.60. The lowest BCUT2D eigenvalue weighted by Crippen LogP contribution is -2.07. The summed E-state index contributed by atoms with van der Waals surface area (Å²) in [6.07, 6.45) is 13.9.